The van der Waals surface area contributed by atoms with E-state index in [0.29, 0.717) is 0 Å². The molecule has 1 rings (SSSR count). The van der Waals surface area contributed by atoms with E-state index in [-0.39, 0.29) is 0 Å². The highest BCUT2D eigenvalue weighted by molar-refractivity contribution is 14.1. The van der Waals surface area contributed by atoms with E-state index in [9.17, 15) is 0 Å². The van der Waals surface area contributed by atoms with Crippen molar-refractivity contribution in [2.45, 2.75) is 33.2 Å². The number of nitrogens with one attached hydrogen (secondary N) is 1. The van der Waals surface area contributed by atoms with E-state index >= 15 is 0 Å². The molecule has 0 atom stereocenters. The molecule has 0 bridgehead atoms. The first-order chi connectivity index (χ1) is 8.08. The maximum atomic E-state index is 4.60. The van der Waals surface area contributed by atoms with Gasteiger partial charge in [0.15, 0.2) is 0 Å². The molecule has 0 spiro atoms. The Labute approximate surface area is 117 Å². The van der Waals surface area contributed by atoms with Gasteiger partial charge in [0.2, 0.25) is 0 Å². The number of aryl methyl sites for hydroxylation is 1. The van der Waals surface area contributed by atoms with E-state index in [2.05, 4.69) is 56.6 Å². The second kappa shape index (κ2) is 7.10. The summed E-state index contributed by atoms with van der Waals surface area (Å²) in [4.78, 5) is 11.3. The van der Waals surface area contributed by atoms with Crippen LogP contribution in [0.25, 0.3) is 0 Å². The molecule has 4 nitrogen and oxygen atoms in total. The molecule has 17 heavy (non-hydrogen) atoms. The highest BCUT2D eigenvalue weighted by atomic mass is 127. The molecule has 1 aromatic heterocycles. The summed E-state index contributed by atoms with van der Waals surface area (Å²) in [7, 11) is 4.07. The van der Waals surface area contributed by atoms with Crippen molar-refractivity contribution < 1.29 is 0 Å². The predicted octanol–water partition coefficient (Wildman–Crippen LogP) is 2.53. The van der Waals surface area contributed by atoms with Crippen LogP contribution < -0.4 is 5.32 Å². The topological polar surface area (TPSA) is 41.1 Å². The lowest BCUT2D eigenvalue weighted by Gasteiger charge is -2.14. The van der Waals surface area contributed by atoms with Crippen molar-refractivity contribution >= 4 is 28.4 Å². The Morgan fingerprint density at radius 1 is 1.24 bits per heavy atom. The van der Waals surface area contributed by atoms with Crippen LogP contribution in [0.5, 0.6) is 0 Å². The minimum absolute atomic E-state index is 0.782. The summed E-state index contributed by atoms with van der Waals surface area (Å²) in [6, 6.07) is 0. The minimum Gasteiger partial charge on any atom is -0.369 e. The third-order valence-electron chi connectivity index (χ3n) is 2.30. The van der Waals surface area contributed by atoms with Crippen molar-refractivity contribution in [1.29, 1.82) is 0 Å². The Hall–Kier alpha value is -0.430. The normalized spacial score (nSPS) is 10.9. The predicted molar refractivity (Wildman–Crippen MR) is 80.3 cm³/mol. The fourth-order valence-electron chi connectivity index (χ4n) is 1.49. The smallest absolute Gasteiger partial charge is 0.145 e. The Balaban J connectivity index is 3.00. The van der Waals surface area contributed by atoms with Crippen LogP contribution in [0.2, 0.25) is 0 Å². The first-order valence-corrected chi connectivity index (χ1v) is 7.10. The fourth-order valence-corrected chi connectivity index (χ4v) is 2.31. The molecule has 0 aliphatic heterocycles. The van der Waals surface area contributed by atoms with Gasteiger partial charge in [-0.2, -0.15) is 0 Å². The molecule has 1 heterocycles. The van der Waals surface area contributed by atoms with Gasteiger partial charge in [-0.3, -0.25) is 0 Å². The van der Waals surface area contributed by atoms with Gasteiger partial charge < -0.3 is 10.2 Å². The lowest BCUT2D eigenvalue weighted by atomic mass is 10.3. The molecule has 0 unspecified atom stereocenters. The van der Waals surface area contributed by atoms with Crippen molar-refractivity contribution in [1.82, 2.24) is 14.9 Å². The summed E-state index contributed by atoms with van der Waals surface area (Å²) < 4.78 is 1.15. The van der Waals surface area contributed by atoms with E-state index in [1.165, 1.54) is 0 Å². The summed E-state index contributed by atoms with van der Waals surface area (Å²) in [6.07, 6.45) is 2.05. The standard InChI is InChI=1S/C12H21IN4/c1-5-7-14-12-11(13)9(6-2)15-10(16-12)8-17(3)4/h5-8H2,1-4H3,(H,14,15,16). The number of rotatable bonds is 6. The van der Waals surface area contributed by atoms with Gasteiger partial charge >= 0.3 is 0 Å². The number of aromatic nitrogens is 2. The minimum atomic E-state index is 0.782. The Bertz CT molecular complexity index is 366. The Morgan fingerprint density at radius 3 is 2.47 bits per heavy atom. The summed E-state index contributed by atoms with van der Waals surface area (Å²) in [6.45, 7) is 6.03. The van der Waals surface area contributed by atoms with Gasteiger partial charge in [0, 0.05) is 6.54 Å². The maximum Gasteiger partial charge on any atom is 0.145 e. The second-order valence-corrected chi connectivity index (χ2v) is 5.35. The average Bonchev–Trinajstić information content (AvgIpc) is 2.28. The van der Waals surface area contributed by atoms with Crippen LogP contribution in [0.4, 0.5) is 5.82 Å². The lowest BCUT2D eigenvalue weighted by Crippen LogP contribution is -2.16. The highest BCUT2D eigenvalue weighted by Crippen LogP contribution is 2.20. The molecule has 0 aliphatic carbocycles. The summed E-state index contributed by atoms with van der Waals surface area (Å²) in [5.41, 5.74) is 1.14. The molecule has 0 saturated carbocycles. The maximum absolute atomic E-state index is 4.60. The number of hydrogen-bond acceptors (Lipinski definition) is 4. The van der Waals surface area contributed by atoms with Crippen LogP contribution in [-0.2, 0) is 13.0 Å². The molecule has 0 saturated heterocycles. The zero-order valence-corrected chi connectivity index (χ0v) is 13.2. The molecule has 0 radical (unpaired) electrons. The summed E-state index contributed by atoms with van der Waals surface area (Å²) >= 11 is 2.33. The van der Waals surface area contributed by atoms with E-state index in [4.69, 9.17) is 0 Å². The van der Waals surface area contributed by atoms with Gasteiger partial charge in [0.05, 0.1) is 15.8 Å². The first-order valence-electron chi connectivity index (χ1n) is 6.02. The van der Waals surface area contributed by atoms with Gasteiger partial charge in [-0.1, -0.05) is 13.8 Å². The number of nitrogens with zero attached hydrogens (tertiary/aromatic N) is 3. The molecule has 0 amide bonds. The van der Waals surface area contributed by atoms with Crippen molar-refractivity contribution in [3.63, 3.8) is 0 Å². The van der Waals surface area contributed by atoms with Crippen molar-refractivity contribution in [3.8, 4) is 0 Å². The third kappa shape index (κ3) is 4.39. The number of halogens is 1. The van der Waals surface area contributed by atoms with Crippen molar-refractivity contribution in [2.75, 3.05) is 26.0 Å². The molecule has 0 fully saturated rings. The molecule has 5 heteroatoms. The zero-order valence-electron chi connectivity index (χ0n) is 11.0. The molecule has 1 N–H and O–H groups in total. The largest absolute Gasteiger partial charge is 0.369 e. The van der Waals surface area contributed by atoms with Gasteiger partial charge in [-0.25, -0.2) is 9.97 Å². The average molecular weight is 348 g/mol. The van der Waals surface area contributed by atoms with Crippen LogP contribution in [0.15, 0.2) is 0 Å². The molecule has 96 valence electrons. The van der Waals surface area contributed by atoms with Crippen molar-refractivity contribution in [3.05, 3.63) is 15.1 Å². The van der Waals surface area contributed by atoms with E-state index in [1.54, 1.807) is 0 Å². The number of anilines is 1. The SMILES string of the molecule is CCCNc1nc(CN(C)C)nc(CC)c1I. The van der Waals surface area contributed by atoms with Crippen molar-refractivity contribution in [2.24, 2.45) is 0 Å². The van der Waals surface area contributed by atoms with Crippen LogP contribution in [-0.4, -0.2) is 35.5 Å². The quantitative estimate of drug-likeness (QED) is 0.803. The number of hydrogen-bond donors (Lipinski definition) is 1. The fraction of sp³-hybridized carbons (Fsp3) is 0.667. The first kappa shape index (κ1) is 14.6. The van der Waals surface area contributed by atoms with Crippen LogP contribution in [0.3, 0.4) is 0 Å². The van der Waals surface area contributed by atoms with Gasteiger partial charge in [-0.05, 0) is 49.5 Å². The summed E-state index contributed by atoms with van der Waals surface area (Å²) in [5.74, 6) is 1.88. The van der Waals surface area contributed by atoms with E-state index < -0.39 is 0 Å². The molecule has 1 aromatic rings. The van der Waals surface area contributed by atoms with Crippen LogP contribution in [0, 0.1) is 3.57 Å². The van der Waals surface area contributed by atoms with Gasteiger partial charge in [0.25, 0.3) is 0 Å². The second-order valence-electron chi connectivity index (χ2n) is 4.27. The van der Waals surface area contributed by atoms with E-state index in [0.717, 1.165) is 46.8 Å². The summed E-state index contributed by atoms with van der Waals surface area (Å²) in [5, 5.41) is 3.37. The Morgan fingerprint density at radius 2 is 1.94 bits per heavy atom. The highest BCUT2D eigenvalue weighted by Gasteiger charge is 2.10. The third-order valence-corrected chi connectivity index (χ3v) is 3.43. The molecule has 0 aliphatic rings. The Kier molecular flexibility index (Phi) is 6.11. The molecule has 0 aromatic carbocycles. The zero-order chi connectivity index (χ0) is 12.8. The molecular formula is C12H21IN4. The van der Waals surface area contributed by atoms with Gasteiger partial charge in [-0.15, -0.1) is 0 Å². The van der Waals surface area contributed by atoms with E-state index in [1.807, 2.05) is 14.1 Å². The van der Waals surface area contributed by atoms with Crippen LogP contribution in [0.1, 0.15) is 31.8 Å². The lowest BCUT2D eigenvalue weighted by molar-refractivity contribution is 0.390. The molecular weight excluding hydrogens is 327 g/mol. The van der Waals surface area contributed by atoms with Gasteiger partial charge in [0.1, 0.15) is 11.6 Å². The van der Waals surface area contributed by atoms with Crippen LogP contribution >= 0.6 is 22.6 Å². The monoisotopic (exact) mass is 348 g/mol.